The lowest BCUT2D eigenvalue weighted by atomic mass is 9.91. The van der Waals surface area contributed by atoms with Gasteiger partial charge < -0.3 is 5.11 Å². The second kappa shape index (κ2) is 3.27. The predicted octanol–water partition coefficient (Wildman–Crippen LogP) is 1.99. The van der Waals surface area contributed by atoms with Crippen LogP contribution in [0.25, 0.3) is 0 Å². The minimum atomic E-state index is -0.713. The number of hydrogen-bond acceptors (Lipinski definition) is 3. The Hall–Kier alpha value is -0.610. The van der Waals surface area contributed by atoms with Gasteiger partial charge in [-0.15, -0.1) is 11.3 Å². The quantitative estimate of drug-likeness (QED) is 0.783. The molecule has 0 bridgehead atoms. The molecule has 0 aliphatic heterocycles. The van der Waals surface area contributed by atoms with Crippen molar-refractivity contribution in [3.05, 3.63) is 15.0 Å². The minimum absolute atomic E-state index is 0.246. The maximum Gasteiger partial charge on any atom is 0.306 e. The van der Waals surface area contributed by atoms with Gasteiger partial charge in [-0.2, -0.15) is 0 Å². The summed E-state index contributed by atoms with van der Waals surface area (Å²) in [7, 11) is 0. The average Bonchev–Trinajstić information content (AvgIpc) is 2.42. The zero-order valence-corrected chi connectivity index (χ0v) is 8.36. The number of rotatable bonds is 1. The highest BCUT2D eigenvalue weighted by atomic mass is 35.5. The molecule has 1 aromatic heterocycles. The molecule has 1 aromatic rings. The number of carbonyl (C=O) groups is 1. The summed E-state index contributed by atoms with van der Waals surface area (Å²) in [6.45, 7) is 0. The fourth-order valence-electron chi connectivity index (χ4n) is 1.55. The Kier molecular flexibility index (Phi) is 2.26. The van der Waals surface area contributed by atoms with Crippen LogP contribution in [0.1, 0.15) is 17.0 Å². The van der Waals surface area contributed by atoms with Crippen molar-refractivity contribution in [3.63, 3.8) is 0 Å². The molecule has 1 aliphatic carbocycles. The van der Waals surface area contributed by atoms with E-state index in [1.165, 1.54) is 11.3 Å². The molecule has 0 amide bonds. The summed E-state index contributed by atoms with van der Waals surface area (Å²) in [4.78, 5) is 15.9. The van der Waals surface area contributed by atoms with E-state index < -0.39 is 5.97 Å². The van der Waals surface area contributed by atoms with Gasteiger partial charge in [0.05, 0.1) is 11.6 Å². The number of hydrogen-bond donors (Lipinski definition) is 1. The molecule has 13 heavy (non-hydrogen) atoms. The van der Waals surface area contributed by atoms with Gasteiger partial charge in [-0.1, -0.05) is 11.6 Å². The Labute approximate surface area is 84.4 Å². The van der Waals surface area contributed by atoms with E-state index >= 15 is 0 Å². The van der Waals surface area contributed by atoms with E-state index in [1.807, 2.05) is 0 Å². The van der Waals surface area contributed by atoms with Crippen molar-refractivity contribution in [1.82, 2.24) is 4.98 Å². The summed E-state index contributed by atoms with van der Waals surface area (Å²) in [5, 5.41) is 8.82. The highest BCUT2D eigenvalue weighted by Gasteiger charge is 2.26. The maximum atomic E-state index is 10.7. The van der Waals surface area contributed by atoms with Crippen molar-refractivity contribution in [3.8, 4) is 0 Å². The maximum absolute atomic E-state index is 10.7. The second-order valence-electron chi connectivity index (χ2n) is 3.11. The van der Waals surface area contributed by atoms with Gasteiger partial charge in [-0.25, -0.2) is 4.98 Å². The van der Waals surface area contributed by atoms with Gasteiger partial charge in [-0.3, -0.25) is 4.79 Å². The summed E-state index contributed by atoms with van der Waals surface area (Å²) in [6, 6.07) is 0. The molecule has 0 radical (unpaired) electrons. The van der Waals surface area contributed by atoms with Crippen LogP contribution in [0.3, 0.4) is 0 Å². The van der Waals surface area contributed by atoms with E-state index in [9.17, 15) is 4.79 Å². The third-order valence-corrected chi connectivity index (χ3v) is 3.49. The fraction of sp³-hybridized carbons (Fsp3) is 0.500. The summed E-state index contributed by atoms with van der Waals surface area (Å²) < 4.78 is 0.524. The Balaban J connectivity index is 2.24. The number of carboxylic acid groups (broad SMARTS) is 1. The number of carboxylic acids is 1. The molecule has 70 valence electrons. The molecule has 2 rings (SSSR count). The fourth-order valence-corrected chi connectivity index (χ4v) is 2.84. The average molecular weight is 218 g/mol. The monoisotopic (exact) mass is 217 g/mol. The van der Waals surface area contributed by atoms with Gasteiger partial charge in [0.15, 0.2) is 4.47 Å². The van der Waals surface area contributed by atoms with Crippen molar-refractivity contribution in [2.24, 2.45) is 5.92 Å². The summed E-state index contributed by atoms with van der Waals surface area (Å²) in [5.74, 6) is -0.959. The first-order valence-electron chi connectivity index (χ1n) is 4.03. The van der Waals surface area contributed by atoms with E-state index in [1.54, 1.807) is 0 Å². The van der Waals surface area contributed by atoms with Crippen molar-refractivity contribution < 1.29 is 9.90 Å². The number of nitrogens with zero attached hydrogens (tertiary/aromatic N) is 1. The molecule has 0 saturated heterocycles. The van der Waals surface area contributed by atoms with E-state index in [2.05, 4.69) is 4.98 Å². The number of halogens is 1. The van der Waals surface area contributed by atoms with Crippen molar-refractivity contribution >= 4 is 28.9 Å². The minimum Gasteiger partial charge on any atom is -0.481 e. The zero-order valence-electron chi connectivity index (χ0n) is 6.79. The highest BCUT2D eigenvalue weighted by Crippen LogP contribution is 2.31. The van der Waals surface area contributed by atoms with Crippen LogP contribution < -0.4 is 0 Å². The van der Waals surface area contributed by atoms with Gasteiger partial charge in [0.2, 0.25) is 0 Å². The molecule has 5 heteroatoms. The van der Waals surface area contributed by atoms with Gasteiger partial charge in [0, 0.05) is 4.88 Å². The van der Waals surface area contributed by atoms with Gasteiger partial charge >= 0.3 is 5.97 Å². The molecule has 1 atom stereocenters. The van der Waals surface area contributed by atoms with Crippen LogP contribution >= 0.6 is 22.9 Å². The molecule has 1 unspecified atom stereocenters. The summed E-state index contributed by atoms with van der Waals surface area (Å²) in [6.07, 6.45) is 2.02. The van der Waals surface area contributed by atoms with Crippen LogP contribution in [0.4, 0.5) is 0 Å². The van der Waals surface area contributed by atoms with Gasteiger partial charge in [0.25, 0.3) is 0 Å². The first kappa shape index (κ1) is 8.97. The lowest BCUT2D eigenvalue weighted by Gasteiger charge is -2.16. The first-order valence-corrected chi connectivity index (χ1v) is 5.23. The zero-order chi connectivity index (χ0) is 9.42. The lowest BCUT2D eigenvalue weighted by molar-refractivity contribution is -0.142. The van der Waals surface area contributed by atoms with Crippen molar-refractivity contribution in [1.29, 1.82) is 0 Å². The largest absolute Gasteiger partial charge is 0.481 e. The normalized spacial score (nSPS) is 21.2. The Morgan fingerprint density at radius 1 is 1.69 bits per heavy atom. The SMILES string of the molecule is O=C(O)C1CCc2nc(Cl)sc2C1. The van der Waals surface area contributed by atoms with E-state index in [4.69, 9.17) is 16.7 Å². The Morgan fingerprint density at radius 2 is 2.46 bits per heavy atom. The van der Waals surface area contributed by atoms with Crippen LogP contribution in [0.5, 0.6) is 0 Å². The topological polar surface area (TPSA) is 50.2 Å². The molecule has 0 spiro atoms. The molecule has 0 aromatic carbocycles. The van der Waals surface area contributed by atoms with E-state index in [-0.39, 0.29) is 5.92 Å². The molecule has 1 aliphatic rings. The number of aryl methyl sites for hydroxylation is 1. The van der Waals surface area contributed by atoms with Crippen molar-refractivity contribution in [2.45, 2.75) is 19.3 Å². The Bertz CT molecular complexity index is 350. The number of aliphatic carboxylic acids is 1. The van der Waals surface area contributed by atoms with E-state index in [0.717, 1.165) is 17.0 Å². The summed E-state index contributed by atoms with van der Waals surface area (Å²) >= 11 is 7.14. The standard InChI is InChI=1S/C8H8ClNO2S/c9-8-10-5-2-1-4(7(11)12)3-6(5)13-8/h4H,1-3H2,(H,11,12). The summed E-state index contributed by atoms with van der Waals surface area (Å²) in [5.41, 5.74) is 0.993. The van der Waals surface area contributed by atoms with E-state index in [0.29, 0.717) is 17.3 Å². The van der Waals surface area contributed by atoms with Crippen LogP contribution in [-0.2, 0) is 17.6 Å². The van der Waals surface area contributed by atoms with Gasteiger partial charge in [-0.05, 0) is 19.3 Å². The Morgan fingerprint density at radius 3 is 3.15 bits per heavy atom. The predicted molar refractivity (Wildman–Crippen MR) is 50.3 cm³/mol. The third kappa shape index (κ3) is 1.69. The van der Waals surface area contributed by atoms with Crippen molar-refractivity contribution in [2.75, 3.05) is 0 Å². The molecular formula is C8H8ClNO2S. The number of thiazole rings is 1. The third-order valence-electron chi connectivity index (χ3n) is 2.26. The molecule has 1 heterocycles. The van der Waals surface area contributed by atoms with Gasteiger partial charge in [0.1, 0.15) is 0 Å². The molecular weight excluding hydrogens is 210 g/mol. The lowest BCUT2D eigenvalue weighted by Crippen LogP contribution is -2.21. The second-order valence-corrected chi connectivity index (χ2v) is 4.78. The molecule has 0 fully saturated rings. The first-order chi connectivity index (χ1) is 6.16. The molecule has 3 nitrogen and oxygen atoms in total. The van der Waals surface area contributed by atoms with Crippen LogP contribution in [-0.4, -0.2) is 16.1 Å². The smallest absolute Gasteiger partial charge is 0.306 e. The molecule has 0 saturated carbocycles. The van der Waals surface area contributed by atoms with Crippen LogP contribution in [0.2, 0.25) is 4.47 Å². The number of aromatic nitrogens is 1. The molecule has 1 N–H and O–H groups in total. The van der Waals surface area contributed by atoms with Crippen LogP contribution in [0, 0.1) is 5.92 Å². The number of fused-ring (bicyclic) bond motifs is 1. The van der Waals surface area contributed by atoms with Crippen LogP contribution in [0.15, 0.2) is 0 Å². The highest BCUT2D eigenvalue weighted by molar-refractivity contribution is 7.15.